The SMILES string of the molecule is O=C(Nc1ccccc1Oc1ccccc1)c1cc(=O)cc[nH]1. The van der Waals surface area contributed by atoms with Crippen LogP contribution in [0.15, 0.2) is 77.7 Å². The fourth-order valence-corrected chi connectivity index (χ4v) is 2.04. The maximum Gasteiger partial charge on any atom is 0.272 e. The Balaban J connectivity index is 1.83. The topological polar surface area (TPSA) is 71.2 Å². The second kappa shape index (κ2) is 6.62. The number of carbonyl (C=O) groups is 1. The molecule has 0 saturated carbocycles. The van der Waals surface area contributed by atoms with Gasteiger partial charge in [0, 0.05) is 18.3 Å². The van der Waals surface area contributed by atoms with Crippen LogP contribution in [-0.4, -0.2) is 10.9 Å². The number of aromatic amines is 1. The Kier molecular flexibility index (Phi) is 4.20. The average molecular weight is 306 g/mol. The molecule has 2 aromatic carbocycles. The molecule has 1 heterocycles. The first-order valence-electron chi connectivity index (χ1n) is 7.04. The first-order chi connectivity index (χ1) is 11.2. The molecule has 0 fully saturated rings. The molecule has 0 unspecified atom stereocenters. The molecule has 0 aliphatic carbocycles. The van der Waals surface area contributed by atoms with E-state index < -0.39 is 5.91 Å². The number of hydrogen-bond donors (Lipinski definition) is 2. The molecule has 114 valence electrons. The van der Waals surface area contributed by atoms with Gasteiger partial charge < -0.3 is 15.0 Å². The van der Waals surface area contributed by atoms with Crippen molar-refractivity contribution in [2.45, 2.75) is 0 Å². The first-order valence-corrected chi connectivity index (χ1v) is 7.04. The van der Waals surface area contributed by atoms with Crippen LogP contribution in [0.1, 0.15) is 10.5 Å². The fourth-order valence-electron chi connectivity index (χ4n) is 2.04. The summed E-state index contributed by atoms with van der Waals surface area (Å²) in [5.74, 6) is 0.777. The van der Waals surface area contributed by atoms with Gasteiger partial charge in [-0.3, -0.25) is 9.59 Å². The van der Waals surface area contributed by atoms with Crippen LogP contribution in [0.2, 0.25) is 0 Å². The maximum atomic E-state index is 12.2. The Morgan fingerprint density at radius 3 is 2.48 bits per heavy atom. The zero-order chi connectivity index (χ0) is 16.1. The van der Waals surface area contributed by atoms with Crippen LogP contribution in [0.5, 0.6) is 11.5 Å². The number of aromatic nitrogens is 1. The molecule has 2 N–H and O–H groups in total. The lowest BCUT2D eigenvalue weighted by molar-refractivity contribution is 0.102. The van der Waals surface area contributed by atoms with Crippen LogP contribution in [0.4, 0.5) is 5.69 Å². The van der Waals surface area contributed by atoms with E-state index in [0.717, 1.165) is 0 Å². The van der Waals surface area contributed by atoms with Gasteiger partial charge in [0.2, 0.25) is 0 Å². The van der Waals surface area contributed by atoms with E-state index in [-0.39, 0.29) is 11.1 Å². The summed E-state index contributed by atoms with van der Waals surface area (Å²) < 4.78 is 5.78. The summed E-state index contributed by atoms with van der Waals surface area (Å²) in [5, 5.41) is 2.74. The van der Waals surface area contributed by atoms with Gasteiger partial charge in [-0.05, 0) is 24.3 Å². The third-order valence-electron chi connectivity index (χ3n) is 3.12. The molecular formula is C18H14N2O3. The number of anilines is 1. The lowest BCUT2D eigenvalue weighted by Crippen LogP contribution is -2.16. The van der Waals surface area contributed by atoms with Crippen LogP contribution in [0.3, 0.4) is 0 Å². The van der Waals surface area contributed by atoms with E-state index in [1.54, 1.807) is 18.2 Å². The van der Waals surface area contributed by atoms with Crippen LogP contribution < -0.4 is 15.5 Å². The van der Waals surface area contributed by atoms with Crippen molar-refractivity contribution in [3.05, 3.63) is 88.8 Å². The number of amides is 1. The molecule has 0 spiro atoms. The number of carbonyl (C=O) groups excluding carboxylic acids is 1. The van der Waals surface area contributed by atoms with E-state index in [2.05, 4.69) is 10.3 Å². The van der Waals surface area contributed by atoms with Crippen LogP contribution in [0.25, 0.3) is 0 Å². The van der Waals surface area contributed by atoms with Crippen LogP contribution >= 0.6 is 0 Å². The Bertz CT molecular complexity index is 872. The minimum absolute atomic E-state index is 0.187. The van der Waals surface area contributed by atoms with E-state index in [1.807, 2.05) is 36.4 Å². The van der Waals surface area contributed by atoms with E-state index in [4.69, 9.17) is 4.74 Å². The standard InChI is InChI=1S/C18H14N2O3/c21-13-10-11-19-16(12-13)18(22)20-15-8-4-5-9-17(15)23-14-6-2-1-3-7-14/h1-12H,(H,19,21)(H,20,22). The van der Waals surface area contributed by atoms with Gasteiger partial charge in [-0.25, -0.2) is 0 Å². The summed E-state index contributed by atoms with van der Waals surface area (Å²) in [6.07, 6.45) is 1.43. The van der Waals surface area contributed by atoms with Crippen molar-refractivity contribution in [3.8, 4) is 11.5 Å². The fraction of sp³-hybridized carbons (Fsp3) is 0. The average Bonchev–Trinajstić information content (AvgIpc) is 2.57. The second-order valence-corrected chi connectivity index (χ2v) is 4.80. The highest BCUT2D eigenvalue weighted by atomic mass is 16.5. The molecule has 0 bridgehead atoms. The summed E-state index contributed by atoms with van der Waals surface area (Å²) in [4.78, 5) is 26.3. The summed E-state index contributed by atoms with van der Waals surface area (Å²) in [6, 6.07) is 19.0. The molecule has 0 atom stereocenters. The molecule has 0 aliphatic heterocycles. The van der Waals surface area contributed by atoms with Crippen molar-refractivity contribution < 1.29 is 9.53 Å². The number of nitrogens with one attached hydrogen (secondary N) is 2. The number of H-pyrrole nitrogens is 1. The largest absolute Gasteiger partial charge is 0.455 e. The van der Waals surface area contributed by atoms with Crippen molar-refractivity contribution in [1.29, 1.82) is 0 Å². The van der Waals surface area contributed by atoms with Gasteiger partial charge in [-0.1, -0.05) is 30.3 Å². The van der Waals surface area contributed by atoms with Crippen molar-refractivity contribution >= 4 is 11.6 Å². The van der Waals surface area contributed by atoms with Gasteiger partial charge in [0.05, 0.1) is 5.69 Å². The first kappa shape index (κ1) is 14.6. The normalized spacial score (nSPS) is 10.1. The van der Waals surface area contributed by atoms with Gasteiger partial charge in [-0.15, -0.1) is 0 Å². The Hall–Kier alpha value is -3.34. The lowest BCUT2D eigenvalue weighted by Gasteiger charge is -2.12. The molecule has 1 aromatic heterocycles. The lowest BCUT2D eigenvalue weighted by atomic mass is 10.2. The molecule has 0 radical (unpaired) electrons. The monoisotopic (exact) mass is 306 g/mol. The minimum Gasteiger partial charge on any atom is -0.455 e. The van der Waals surface area contributed by atoms with Crippen LogP contribution in [0, 0.1) is 0 Å². The minimum atomic E-state index is -0.410. The molecule has 5 nitrogen and oxygen atoms in total. The number of pyridine rings is 1. The molecular weight excluding hydrogens is 292 g/mol. The summed E-state index contributed by atoms with van der Waals surface area (Å²) in [7, 11) is 0. The van der Waals surface area contributed by atoms with Gasteiger partial charge in [0.15, 0.2) is 11.2 Å². The molecule has 23 heavy (non-hydrogen) atoms. The summed E-state index contributed by atoms with van der Waals surface area (Å²) in [5.41, 5.74) is 0.473. The smallest absolute Gasteiger partial charge is 0.272 e. The summed E-state index contributed by atoms with van der Waals surface area (Å²) >= 11 is 0. The predicted octanol–water partition coefficient (Wildman–Crippen LogP) is 3.42. The number of ether oxygens (including phenoxy) is 1. The number of rotatable bonds is 4. The highest BCUT2D eigenvalue weighted by Crippen LogP contribution is 2.29. The zero-order valence-electron chi connectivity index (χ0n) is 12.2. The second-order valence-electron chi connectivity index (χ2n) is 4.80. The van der Waals surface area contributed by atoms with Crippen molar-refractivity contribution in [2.75, 3.05) is 5.32 Å². The van der Waals surface area contributed by atoms with Gasteiger partial charge in [-0.2, -0.15) is 0 Å². The molecule has 1 amide bonds. The van der Waals surface area contributed by atoms with Gasteiger partial charge >= 0.3 is 0 Å². The number of hydrogen-bond acceptors (Lipinski definition) is 3. The van der Waals surface area contributed by atoms with Gasteiger partial charge in [0.1, 0.15) is 11.4 Å². The Labute approximate surface area is 132 Å². The quantitative estimate of drug-likeness (QED) is 0.776. The number of para-hydroxylation sites is 3. The molecule has 0 saturated heterocycles. The van der Waals surface area contributed by atoms with E-state index in [0.29, 0.717) is 17.2 Å². The van der Waals surface area contributed by atoms with E-state index >= 15 is 0 Å². The van der Waals surface area contributed by atoms with Crippen molar-refractivity contribution in [2.24, 2.45) is 0 Å². The van der Waals surface area contributed by atoms with E-state index in [9.17, 15) is 9.59 Å². The third kappa shape index (κ3) is 3.65. The van der Waals surface area contributed by atoms with E-state index in [1.165, 1.54) is 18.3 Å². The van der Waals surface area contributed by atoms with Crippen molar-refractivity contribution in [1.82, 2.24) is 4.98 Å². The molecule has 0 aliphatic rings. The Morgan fingerprint density at radius 2 is 1.70 bits per heavy atom. The van der Waals surface area contributed by atoms with Gasteiger partial charge in [0.25, 0.3) is 5.91 Å². The highest BCUT2D eigenvalue weighted by molar-refractivity contribution is 6.03. The highest BCUT2D eigenvalue weighted by Gasteiger charge is 2.11. The Morgan fingerprint density at radius 1 is 0.957 bits per heavy atom. The molecule has 3 rings (SSSR count). The van der Waals surface area contributed by atoms with Crippen molar-refractivity contribution in [3.63, 3.8) is 0 Å². The molecule has 5 heteroatoms. The maximum absolute atomic E-state index is 12.2. The third-order valence-corrected chi connectivity index (χ3v) is 3.12. The zero-order valence-corrected chi connectivity index (χ0v) is 12.2. The number of benzene rings is 2. The van der Waals surface area contributed by atoms with Crippen LogP contribution in [-0.2, 0) is 0 Å². The summed E-state index contributed by atoms with van der Waals surface area (Å²) in [6.45, 7) is 0. The molecule has 3 aromatic rings. The predicted molar refractivity (Wildman–Crippen MR) is 88.0 cm³/mol.